The molecule has 94 valence electrons. The van der Waals surface area contributed by atoms with Crippen LogP contribution in [-0.4, -0.2) is 11.5 Å². The summed E-state index contributed by atoms with van der Waals surface area (Å²) >= 11 is 0. The van der Waals surface area contributed by atoms with Gasteiger partial charge in [0.15, 0.2) is 0 Å². The first-order chi connectivity index (χ1) is 8.70. The van der Waals surface area contributed by atoms with E-state index in [1.54, 1.807) is 0 Å². The van der Waals surface area contributed by atoms with Crippen molar-refractivity contribution in [3.8, 4) is 11.1 Å². The van der Waals surface area contributed by atoms with Crippen LogP contribution in [0.2, 0.25) is 0 Å². The van der Waals surface area contributed by atoms with E-state index in [2.05, 4.69) is 54.5 Å². The van der Waals surface area contributed by atoms with E-state index < -0.39 is 0 Å². The van der Waals surface area contributed by atoms with E-state index >= 15 is 0 Å². The van der Waals surface area contributed by atoms with E-state index in [0.29, 0.717) is 0 Å². The van der Waals surface area contributed by atoms with Crippen molar-refractivity contribution in [3.63, 3.8) is 0 Å². The van der Waals surface area contributed by atoms with Crippen molar-refractivity contribution in [2.75, 3.05) is 6.54 Å². The number of rotatable bonds is 4. The van der Waals surface area contributed by atoms with Crippen molar-refractivity contribution < 1.29 is 0 Å². The highest BCUT2D eigenvalue weighted by Crippen LogP contribution is 2.24. The second-order valence-electron chi connectivity index (χ2n) is 4.62. The Morgan fingerprint density at radius 3 is 2.61 bits per heavy atom. The highest BCUT2D eigenvalue weighted by Gasteiger charge is 2.03. The van der Waals surface area contributed by atoms with E-state index in [4.69, 9.17) is 0 Å². The molecule has 0 radical (unpaired) electrons. The zero-order chi connectivity index (χ0) is 13.0. The van der Waals surface area contributed by atoms with E-state index in [0.717, 1.165) is 18.8 Å². The molecule has 2 nitrogen and oxygen atoms in total. The maximum Gasteiger partial charge on any atom is 0.0378 e. The molecule has 0 amide bonds. The number of nitrogens with one attached hydrogen (secondary N) is 1. The van der Waals surface area contributed by atoms with E-state index in [9.17, 15) is 0 Å². The van der Waals surface area contributed by atoms with Crippen molar-refractivity contribution in [1.82, 2.24) is 10.3 Å². The van der Waals surface area contributed by atoms with E-state index in [1.165, 1.54) is 22.3 Å². The molecule has 1 aromatic carbocycles. The van der Waals surface area contributed by atoms with Gasteiger partial charge in [-0.25, -0.2) is 0 Å². The molecule has 0 fully saturated rings. The van der Waals surface area contributed by atoms with Crippen LogP contribution in [0.3, 0.4) is 0 Å². The van der Waals surface area contributed by atoms with Crippen LogP contribution in [-0.2, 0) is 6.54 Å². The predicted octanol–water partition coefficient (Wildman–Crippen LogP) is 3.47. The number of benzene rings is 1. The van der Waals surface area contributed by atoms with Gasteiger partial charge in [-0.3, -0.25) is 4.98 Å². The molecule has 2 heteroatoms. The number of nitrogens with zero attached hydrogens (tertiary/aromatic N) is 1. The molecule has 0 aliphatic rings. The summed E-state index contributed by atoms with van der Waals surface area (Å²) in [5.41, 5.74) is 6.25. The molecule has 2 rings (SSSR count). The monoisotopic (exact) mass is 240 g/mol. The fraction of sp³-hybridized carbons (Fsp3) is 0.312. The van der Waals surface area contributed by atoms with Crippen LogP contribution in [0.5, 0.6) is 0 Å². The summed E-state index contributed by atoms with van der Waals surface area (Å²) in [6.07, 6.45) is 1.87. The number of aromatic nitrogens is 1. The van der Waals surface area contributed by atoms with Crippen LogP contribution < -0.4 is 5.32 Å². The summed E-state index contributed by atoms with van der Waals surface area (Å²) in [5, 5.41) is 3.35. The van der Waals surface area contributed by atoms with Crippen LogP contribution >= 0.6 is 0 Å². The van der Waals surface area contributed by atoms with Crippen molar-refractivity contribution in [1.29, 1.82) is 0 Å². The van der Waals surface area contributed by atoms with Crippen LogP contribution in [0.25, 0.3) is 11.1 Å². The summed E-state index contributed by atoms with van der Waals surface area (Å²) in [5.74, 6) is 0. The molecular weight excluding hydrogens is 220 g/mol. The molecule has 0 unspecified atom stereocenters. The summed E-state index contributed by atoms with van der Waals surface area (Å²) in [6.45, 7) is 8.26. The number of aryl methyl sites for hydroxylation is 2. The Balaban J connectivity index is 2.29. The van der Waals surface area contributed by atoms with Crippen LogP contribution in [0.15, 0.2) is 36.5 Å². The fourth-order valence-electron chi connectivity index (χ4n) is 2.14. The highest BCUT2D eigenvalue weighted by atomic mass is 14.8. The molecule has 0 spiro atoms. The standard InChI is InChI=1S/C16H20N2/c1-4-17-11-14-5-6-16(12(2)9-14)15-7-8-18-13(3)10-15/h5-10,17H,4,11H2,1-3H3. The Bertz CT molecular complexity index is 532. The topological polar surface area (TPSA) is 24.9 Å². The average molecular weight is 240 g/mol. The molecular formula is C16H20N2. The largest absolute Gasteiger partial charge is 0.313 e. The third-order valence-electron chi connectivity index (χ3n) is 3.08. The molecule has 1 aromatic heterocycles. The minimum absolute atomic E-state index is 0.937. The van der Waals surface area contributed by atoms with Gasteiger partial charge in [0.05, 0.1) is 0 Å². The molecule has 1 N–H and O–H groups in total. The van der Waals surface area contributed by atoms with Crippen molar-refractivity contribution >= 4 is 0 Å². The Morgan fingerprint density at radius 2 is 1.94 bits per heavy atom. The Kier molecular flexibility index (Phi) is 4.11. The Labute approximate surface area is 109 Å². The quantitative estimate of drug-likeness (QED) is 0.885. The lowest BCUT2D eigenvalue weighted by Gasteiger charge is -2.09. The molecule has 2 aromatic rings. The SMILES string of the molecule is CCNCc1ccc(-c2ccnc(C)c2)c(C)c1. The lowest BCUT2D eigenvalue weighted by Crippen LogP contribution is -2.11. The van der Waals surface area contributed by atoms with Gasteiger partial charge in [-0.1, -0.05) is 25.1 Å². The van der Waals surface area contributed by atoms with Crippen LogP contribution in [0.1, 0.15) is 23.7 Å². The molecule has 0 atom stereocenters. The van der Waals surface area contributed by atoms with Gasteiger partial charge in [0.1, 0.15) is 0 Å². The van der Waals surface area contributed by atoms with Gasteiger partial charge in [-0.05, 0) is 54.8 Å². The molecule has 18 heavy (non-hydrogen) atoms. The third-order valence-corrected chi connectivity index (χ3v) is 3.08. The van der Waals surface area contributed by atoms with Gasteiger partial charge in [-0.2, -0.15) is 0 Å². The van der Waals surface area contributed by atoms with Gasteiger partial charge in [0, 0.05) is 18.4 Å². The second kappa shape index (κ2) is 5.78. The Morgan fingerprint density at radius 1 is 1.11 bits per heavy atom. The van der Waals surface area contributed by atoms with Crippen LogP contribution in [0, 0.1) is 13.8 Å². The summed E-state index contributed by atoms with van der Waals surface area (Å²) in [7, 11) is 0. The first-order valence-electron chi connectivity index (χ1n) is 6.44. The van der Waals surface area contributed by atoms with Crippen molar-refractivity contribution in [2.45, 2.75) is 27.3 Å². The zero-order valence-corrected chi connectivity index (χ0v) is 11.3. The lowest BCUT2D eigenvalue weighted by molar-refractivity contribution is 0.726. The molecule has 0 bridgehead atoms. The first-order valence-corrected chi connectivity index (χ1v) is 6.44. The Hall–Kier alpha value is -1.67. The van der Waals surface area contributed by atoms with Gasteiger partial charge < -0.3 is 5.32 Å². The number of hydrogen-bond acceptors (Lipinski definition) is 2. The van der Waals surface area contributed by atoms with Crippen molar-refractivity contribution in [2.24, 2.45) is 0 Å². The zero-order valence-electron chi connectivity index (χ0n) is 11.3. The first kappa shape index (κ1) is 12.8. The van der Waals surface area contributed by atoms with Crippen molar-refractivity contribution in [3.05, 3.63) is 53.3 Å². The fourth-order valence-corrected chi connectivity index (χ4v) is 2.14. The second-order valence-corrected chi connectivity index (χ2v) is 4.62. The highest BCUT2D eigenvalue weighted by molar-refractivity contribution is 5.67. The summed E-state index contributed by atoms with van der Waals surface area (Å²) in [6, 6.07) is 10.9. The normalized spacial score (nSPS) is 10.6. The molecule has 0 saturated heterocycles. The third kappa shape index (κ3) is 2.96. The molecule has 0 saturated carbocycles. The minimum atomic E-state index is 0.937. The number of hydrogen-bond donors (Lipinski definition) is 1. The van der Waals surface area contributed by atoms with Gasteiger partial charge >= 0.3 is 0 Å². The van der Waals surface area contributed by atoms with Gasteiger partial charge in [0.2, 0.25) is 0 Å². The average Bonchev–Trinajstić information content (AvgIpc) is 2.36. The summed E-state index contributed by atoms with van der Waals surface area (Å²) < 4.78 is 0. The van der Waals surface area contributed by atoms with Gasteiger partial charge in [-0.15, -0.1) is 0 Å². The molecule has 1 heterocycles. The smallest absolute Gasteiger partial charge is 0.0378 e. The van der Waals surface area contributed by atoms with E-state index in [1.807, 2.05) is 13.1 Å². The predicted molar refractivity (Wildman–Crippen MR) is 76.5 cm³/mol. The molecule has 0 aliphatic carbocycles. The van der Waals surface area contributed by atoms with Gasteiger partial charge in [0.25, 0.3) is 0 Å². The lowest BCUT2D eigenvalue weighted by atomic mass is 9.98. The van der Waals surface area contributed by atoms with Crippen LogP contribution in [0.4, 0.5) is 0 Å². The van der Waals surface area contributed by atoms with E-state index in [-0.39, 0.29) is 0 Å². The minimum Gasteiger partial charge on any atom is -0.313 e. The maximum absolute atomic E-state index is 4.24. The molecule has 0 aliphatic heterocycles. The number of pyridine rings is 1. The summed E-state index contributed by atoms with van der Waals surface area (Å²) in [4.78, 5) is 4.24. The maximum atomic E-state index is 4.24.